The fourth-order valence-corrected chi connectivity index (χ4v) is 2.98. The summed E-state index contributed by atoms with van der Waals surface area (Å²) in [7, 11) is 0. The number of carbonyl (C=O) groups excluding carboxylic acids is 3. The average molecular weight is 456 g/mol. The molecule has 1 saturated heterocycles. The normalized spacial score (nSPS) is 15.2. The Kier molecular flexibility index (Phi) is 10.00. The van der Waals surface area contributed by atoms with Crippen LogP contribution >= 0.6 is 0 Å². The quantitative estimate of drug-likeness (QED) is 0.260. The van der Waals surface area contributed by atoms with E-state index in [-0.39, 0.29) is 24.1 Å². The van der Waals surface area contributed by atoms with Crippen molar-refractivity contribution in [2.45, 2.75) is 32.5 Å². The summed E-state index contributed by atoms with van der Waals surface area (Å²) in [6.07, 6.45) is -0.815. The van der Waals surface area contributed by atoms with E-state index in [4.69, 9.17) is 25.8 Å². The van der Waals surface area contributed by atoms with Gasteiger partial charge in [0.25, 0.3) is 11.7 Å². The first-order valence-electron chi connectivity index (χ1n) is 10.4. The number of benzene rings is 2. The van der Waals surface area contributed by atoms with Crippen LogP contribution in [-0.2, 0) is 32.2 Å². The molecule has 1 fully saturated rings. The standard InChI is InChI=1S/C21H25N5O3.C2H4O2/c22-20(23)17-8-6-16(7-9-17)13-24-19(27)12-18-21(28)26(10-11-29-18)25-14-15-4-2-1-3-5-15;1-2(3)4/h1-9,18,25H,10-14H2,(H3,22,23)(H,24,27);1H3,(H,3,4)/t18-;/m0./s1. The van der Waals surface area contributed by atoms with Gasteiger partial charge in [0, 0.05) is 19.1 Å². The van der Waals surface area contributed by atoms with Crippen LogP contribution in [0.1, 0.15) is 30.0 Å². The van der Waals surface area contributed by atoms with Crippen molar-refractivity contribution in [3.8, 4) is 0 Å². The average Bonchev–Trinajstić information content (AvgIpc) is 2.79. The van der Waals surface area contributed by atoms with E-state index in [0.717, 1.165) is 23.6 Å². The fourth-order valence-electron chi connectivity index (χ4n) is 2.98. The molecule has 0 aromatic heterocycles. The molecule has 2 amide bonds. The Morgan fingerprint density at radius 2 is 1.73 bits per heavy atom. The third kappa shape index (κ3) is 9.09. The molecule has 0 bridgehead atoms. The van der Waals surface area contributed by atoms with Crippen LogP contribution in [0.3, 0.4) is 0 Å². The zero-order valence-electron chi connectivity index (χ0n) is 18.5. The molecule has 0 unspecified atom stereocenters. The lowest BCUT2D eigenvalue weighted by Gasteiger charge is -2.32. The van der Waals surface area contributed by atoms with Crippen LogP contribution in [0, 0.1) is 0 Å². The highest BCUT2D eigenvalue weighted by Gasteiger charge is 2.31. The summed E-state index contributed by atoms with van der Waals surface area (Å²) < 4.78 is 5.51. The molecule has 1 aliphatic rings. The first kappa shape index (κ1) is 25.5. The Balaban J connectivity index is 0.000000890. The number of nitrogens with one attached hydrogen (secondary N) is 2. The van der Waals surface area contributed by atoms with Crippen molar-refractivity contribution < 1.29 is 29.6 Å². The summed E-state index contributed by atoms with van der Waals surface area (Å²) in [6.45, 7) is 2.67. The molecule has 176 valence electrons. The van der Waals surface area contributed by atoms with Gasteiger partial charge in [-0.05, 0) is 30.2 Å². The molecular formula is C23H29N5O5. The van der Waals surface area contributed by atoms with E-state index >= 15 is 0 Å². The van der Waals surface area contributed by atoms with Crippen molar-refractivity contribution in [1.82, 2.24) is 15.8 Å². The van der Waals surface area contributed by atoms with Gasteiger partial charge in [-0.1, -0.05) is 42.5 Å². The smallest absolute Gasteiger partial charge is 0.270 e. The molecule has 0 radical (unpaired) electrons. The Bertz CT molecular complexity index is 945. The molecule has 0 spiro atoms. The number of hydrazine groups is 1. The van der Waals surface area contributed by atoms with Crippen molar-refractivity contribution in [2.75, 3.05) is 13.2 Å². The molecule has 0 saturated carbocycles. The highest BCUT2D eigenvalue weighted by atomic mass is 16.5. The number of nitrogens with two attached hydrogens (primary N) is 2. The van der Waals surface area contributed by atoms with Gasteiger partial charge in [-0.2, -0.15) is 0 Å². The number of carboxylic acids is 1. The summed E-state index contributed by atoms with van der Waals surface area (Å²) in [5.41, 5.74) is 11.4. The summed E-state index contributed by atoms with van der Waals surface area (Å²) in [5, 5.41) is 18.8. The van der Waals surface area contributed by atoms with Gasteiger partial charge >= 0.3 is 0 Å². The SMILES string of the molecule is CC(=O)[O-].NC(=[NH2+])c1ccc(CNC(=O)C[C@@H]2OCCN(NCc3ccccc3)C2=O)cc1. The van der Waals surface area contributed by atoms with Crippen LogP contribution < -0.4 is 27.0 Å². The van der Waals surface area contributed by atoms with Gasteiger partial charge in [0.15, 0.2) is 0 Å². The molecule has 1 heterocycles. The van der Waals surface area contributed by atoms with Crippen LogP contribution in [0.15, 0.2) is 54.6 Å². The van der Waals surface area contributed by atoms with Gasteiger partial charge in [-0.25, -0.2) is 5.43 Å². The molecule has 6 N–H and O–H groups in total. The van der Waals surface area contributed by atoms with Crippen LogP contribution in [0.2, 0.25) is 0 Å². The van der Waals surface area contributed by atoms with E-state index in [2.05, 4.69) is 10.7 Å². The lowest BCUT2D eigenvalue weighted by atomic mass is 10.1. The number of hydrogen-bond acceptors (Lipinski definition) is 6. The lowest BCUT2D eigenvalue weighted by Crippen LogP contribution is -2.54. The molecule has 0 aliphatic carbocycles. The van der Waals surface area contributed by atoms with Gasteiger partial charge < -0.3 is 20.0 Å². The Labute approximate surface area is 192 Å². The van der Waals surface area contributed by atoms with E-state index in [0.29, 0.717) is 26.2 Å². The summed E-state index contributed by atoms with van der Waals surface area (Å²) in [6, 6.07) is 17.1. The Hall–Kier alpha value is -3.76. The topological polar surface area (TPSA) is 162 Å². The van der Waals surface area contributed by atoms with E-state index in [1.54, 1.807) is 12.1 Å². The second kappa shape index (κ2) is 12.9. The molecule has 1 aliphatic heterocycles. The second-order valence-electron chi connectivity index (χ2n) is 7.29. The second-order valence-corrected chi connectivity index (χ2v) is 7.29. The zero-order valence-corrected chi connectivity index (χ0v) is 18.5. The maximum atomic E-state index is 12.6. The summed E-state index contributed by atoms with van der Waals surface area (Å²) in [5.74, 6) is -1.32. The zero-order chi connectivity index (χ0) is 24.2. The van der Waals surface area contributed by atoms with Crippen LogP contribution in [0.5, 0.6) is 0 Å². The third-order valence-corrected chi connectivity index (χ3v) is 4.64. The van der Waals surface area contributed by atoms with Gasteiger partial charge in [0.1, 0.15) is 6.10 Å². The molecule has 2 aromatic rings. The molecule has 3 rings (SSSR count). The molecule has 33 heavy (non-hydrogen) atoms. The Morgan fingerprint density at radius 1 is 1.12 bits per heavy atom. The van der Waals surface area contributed by atoms with Crippen molar-refractivity contribution in [3.05, 3.63) is 71.3 Å². The number of ether oxygens (including phenoxy) is 1. The van der Waals surface area contributed by atoms with Gasteiger partial charge in [-0.3, -0.25) is 25.7 Å². The van der Waals surface area contributed by atoms with Gasteiger partial charge in [0.2, 0.25) is 5.91 Å². The van der Waals surface area contributed by atoms with Gasteiger partial charge in [0.05, 0.1) is 25.1 Å². The summed E-state index contributed by atoms with van der Waals surface area (Å²) >= 11 is 0. The number of carboxylic acid groups (broad SMARTS) is 1. The molecule has 2 aromatic carbocycles. The van der Waals surface area contributed by atoms with Crippen molar-refractivity contribution in [2.24, 2.45) is 5.73 Å². The molecule has 10 nitrogen and oxygen atoms in total. The predicted molar refractivity (Wildman–Crippen MR) is 119 cm³/mol. The van der Waals surface area contributed by atoms with Crippen LogP contribution in [0.4, 0.5) is 0 Å². The minimum Gasteiger partial charge on any atom is -0.550 e. The van der Waals surface area contributed by atoms with E-state index in [1.165, 1.54) is 5.01 Å². The maximum Gasteiger partial charge on any atom is 0.270 e. The van der Waals surface area contributed by atoms with Crippen molar-refractivity contribution in [1.29, 1.82) is 0 Å². The molecular weight excluding hydrogens is 426 g/mol. The Morgan fingerprint density at radius 3 is 2.33 bits per heavy atom. The largest absolute Gasteiger partial charge is 0.550 e. The first-order chi connectivity index (χ1) is 15.8. The number of aliphatic carboxylic acids is 1. The highest BCUT2D eigenvalue weighted by Crippen LogP contribution is 2.10. The molecule has 1 atom stereocenters. The minimum atomic E-state index is -1.08. The number of amidine groups is 1. The predicted octanol–water partition coefficient (Wildman–Crippen LogP) is -2.15. The lowest BCUT2D eigenvalue weighted by molar-refractivity contribution is -0.302. The van der Waals surface area contributed by atoms with E-state index < -0.39 is 12.1 Å². The number of carbonyl (C=O) groups is 3. The number of morpholine rings is 1. The minimum absolute atomic E-state index is 0.0238. The van der Waals surface area contributed by atoms with Crippen molar-refractivity contribution in [3.63, 3.8) is 0 Å². The first-order valence-corrected chi connectivity index (χ1v) is 10.4. The van der Waals surface area contributed by atoms with E-state index in [9.17, 15) is 9.59 Å². The van der Waals surface area contributed by atoms with Gasteiger partial charge in [-0.15, -0.1) is 0 Å². The fraction of sp³-hybridized carbons (Fsp3) is 0.304. The number of nitrogens with zero attached hydrogens (tertiary/aromatic N) is 1. The molecule has 10 heteroatoms. The third-order valence-electron chi connectivity index (χ3n) is 4.64. The monoisotopic (exact) mass is 455 g/mol. The van der Waals surface area contributed by atoms with E-state index in [1.807, 2.05) is 42.5 Å². The maximum absolute atomic E-state index is 12.6. The van der Waals surface area contributed by atoms with Crippen LogP contribution in [-0.4, -0.2) is 47.9 Å². The van der Waals surface area contributed by atoms with Crippen molar-refractivity contribution >= 4 is 23.6 Å². The van der Waals surface area contributed by atoms with Crippen LogP contribution in [0.25, 0.3) is 0 Å². The summed E-state index contributed by atoms with van der Waals surface area (Å²) in [4.78, 5) is 33.7. The number of hydrogen-bond donors (Lipinski definition) is 4. The highest BCUT2D eigenvalue weighted by molar-refractivity contribution is 5.92. The number of amides is 2. The number of rotatable bonds is 8.